The lowest BCUT2D eigenvalue weighted by Gasteiger charge is -2.17. The number of hydrogen-bond acceptors (Lipinski definition) is 4. The van der Waals surface area contributed by atoms with Crippen LogP contribution in [0.4, 0.5) is 0 Å². The molecular weight excluding hydrogens is 200 g/mol. The summed E-state index contributed by atoms with van der Waals surface area (Å²) >= 11 is 1.56. The average molecular weight is 214 g/mol. The van der Waals surface area contributed by atoms with Crippen molar-refractivity contribution in [2.75, 3.05) is 13.1 Å². The van der Waals surface area contributed by atoms with Gasteiger partial charge in [-0.3, -0.25) is 14.7 Å². The molecule has 0 saturated carbocycles. The Morgan fingerprint density at radius 1 is 1.71 bits per heavy atom. The summed E-state index contributed by atoms with van der Waals surface area (Å²) in [5.74, 6) is -0.775. The summed E-state index contributed by atoms with van der Waals surface area (Å²) < 4.78 is 0. The third kappa shape index (κ3) is 3.85. The summed E-state index contributed by atoms with van der Waals surface area (Å²) in [4.78, 5) is 17.5. The molecule has 0 aromatic carbocycles. The molecule has 14 heavy (non-hydrogen) atoms. The van der Waals surface area contributed by atoms with Crippen LogP contribution in [0.1, 0.15) is 18.2 Å². The van der Waals surface area contributed by atoms with Gasteiger partial charge in [-0.15, -0.1) is 11.3 Å². The van der Waals surface area contributed by atoms with Crippen LogP contribution in [0.3, 0.4) is 0 Å². The standard InChI is InChI=1S/C9H14N2O2S/c1-2-3-11(6-9(12)13)5-8-4-10-7-14-8/h4,7H,2-3,5-6H2,1H3,(H,12,13). The van der Waals surface area contributed by atoms with Crippen molar-refractivity contribution in [2.45, 2.75) is 19.9 Å². The van der Waals surface area contributed by atoms with Crippen LogP contribution in [0.5, 0.6) is 0 Å². The molecule has 0 aliphatic rings. The first-order valence-corrected chi connectivity index (χ1v) is 5.42. The Hall–Kier alpha value is -0.940. The first kappa shape index (κ1) is 11.1. The summed E-state index contributed by atoms with van der Waals surface area (Å²) in [5.41, 5.74) is 1.76. The number of nitrogens with zero attached hydrogens (tertiary/aromatic N) is 2. The quantitative estimate of drug-likeness (QED) is 0.778. The van der Waals surface area contributed by atoms with Crippen molar-refractivity contribution in [2.24, 2.45) is 0 Å². The largest absolute Gasteiger partial charge is 0.480 e. The predicted molar refractivity (Wildman–Crippen MR) is 55.3 cm³/mol. The first-order chi connectivity index (χ1) is 6.72. The van der Waals surface area contributed by atoms with Crippen LogP contribution in [0, 0.1) is 0 Å². The molecule has 0 radical (unpaired) electrons. The molecule has 0 spiro atoms. The van der Waals surface area contributed by atoms with Gasteiger partial charge in [0.15, 0.2) is 0 Å². The highest BCUT2D eigenvalue weighted by atomic mass is 32.1. The predicted octanol–water partition coefficient (Wildman–Crippen LogP) is 1.44. The fourth-order valence-corrected chi connectivity index (χ4v) is 1.90. The molecular formula is C9H14N2O2S. The van der Waals surface area contributed by atoms with Crippen LogP contribution in [0.25, 0.3) is 0 Å². The molecule has 0 bridgehead atoms. The number of thiazole rings is 1. The zero-order valence-corrected chi connectivity index (χ0v) is 8.96. The molecule has 0 aliphatic heterocycles. The van der Waals surface area contributed by atoms with E-state index in [0.717, 1.165) is 17.8 Å². The SMILES string of the molecule is CCCN(CC(=O)O)Cc1cncs1. The molecule has 1 aromatic rings. The zero-order valence-electron chi connectivity index (χ0n) is 8.14. The summed E-state index contributed by atoms with van der Waals surface area (Å²) in [5, 5.41) is 8.69. The van der Waals surface area contributed by atoms with Gasteiger partial charge in [-0.1, -0.05) is 6.92 Å². The maximum Gasteiger partial charge on any atom is 0.317 e. The second-order valence-electron chi connectivity index (χ2n) is 3.07. The van der Waals surface area contributed by atoms with Crippen LogP contribution in [0.15, 0.2) is 11.7 Å². The lowest BCUT2D eigenvalue weighted by Crippen LogP contribution is -2.29. The van der Waals surface area contributed by atoms with Crippen molar-refractivity contribution in [1.82, 2.24) is 9.88 Å². The normalized spacial score (nSPS) is 10.7. The summed E-state index contributed by atoms with van der Waals surface area (Å²) in [7, 11) is 0. The number of carbonyl (C=O) groups is 1. The van der Waals surface area contributed by atoms with Crippen molar-refractivity contribution in [3.8, 4) is 0 Å². The summed E-state index contributed by atoms with van der Waals surface area (Å²) in [6, 6.07) is 0. The molecule has 0 aliphatic carbocycles. The molecule has 4 nitrogen and oxygen atoms in total. The Morgan fingerprint density at radius 2 is 2.50 bits per heavy atom. The Morgan fingerprint density at radius 3 is 3.00 bits per heavy atom. The molecule has 1 aromatic heterocycles. The number of carboxylic acids is 1. The second kappa shape index (κ2) is 5.72. The van der Waals surface area contributed by atoms with E-state index in [1.807, 2.05) is 11.8 Å². The third-order valence-electron chi connectivity index (χ3n) is 1.76. The van der Waals surface area contributed by atoms with Crippen LogP contribution >= 0.6 is 11.3 Å². The van der Waals surface area contributed by atoms with E-state index in [-0.39, 0.29) is 6.54 Å². The minimum Gasteiger partial charge on any atom is -0.480 e. The number of aliphatic carboxylic acids is 1. The lowest BCUT2D eigenvalue weighted by molar-refractivity contribution is -0.138. The Balaban J connectivity index is 2.46. The van der Waals surface area contributed by atoms with Crippen molar-refractivity contribution in [3.05, 3.63) is 16.6 Å². The van der Waals surface area contributed by atoms with Gasteiger partial charge in [-0.25, -0.2) is 0 Å². The summed E-state index contributed by atoms with van der Waals surface area (Å²) in [6.07, 6.45) is 2.75. The molecule has 1 N–H and O–H groups in total. The fourth-order valence-electron chi connectivity index (χ4n) is 1.26. The van der Waals surface area contributed by atoms with Crippen LogP contribution in [-0.4, -0.2) is 34.0 Å². The highest BCUT2D eigenvalue weighted by Crippen LogP contribution is 2.09. The van der Waals surface area contributed by atoms with Gasteiger partial charge in [0.25, 0.3) is 0 Å². The molecule has 0 saturated heterocycles. The Bertz CT molecular complexity index is 274. The number of carboxylic acid groups (broad SMARTS) is 1. The highest BCUT2D eigenvalue weighted by molar-refractivity contribution is 7.09. The fraction of sp³-hybridized carbons (Fsp3) is 0.556. The van der Waals surface area contributed by atoms with E-state index in [1.165, 1.54) is 0 Å². The topological polar surface area (TPSA) is 53.4 Å². The molecule has 1 heterocycles. The Kier molecular flexibility index (Phi) is 4.55. The van der Waals surface area contributed by atoms with E-state index in [2.05, 4.69) is 4.98 Å². The Labute approximate surface area is 87.2 Å². The third-order valence-corrected chi connectivity index (χ3v) is 2.53. The van der Waals surface area contributed by atoms with Crippen LogP contribution in [0.2, 0.25) is 0 Å². The van der Waals surface area contributed by atoms with Gasteiger partial charge in [0, 0.05) is 17.6 Å². The molecule has 0 unspecified atom stereocenters. The van der Waals surface area contributed by atoms with Gasteiger partial charge in [0.2, 0.25) is 0 Å². The van der Waals surface area contributed by atoms with Crippen molar-refractivity contribution < 1.29 is 9.90 Å². The minimum absolute atomic E-state index is 0.103. The van der Waals surface area contributed by atoms with Gasteiger partial charge in [0.05, 0.1) is 12.1 Å². The monoisotopic (exact) mass is 214 g/mol. The van der Waals surface area contributed by atoms with Crippen molar-refractivity contribution in [3.63, 3.8) is 0 Å². The van der Waals surface area contributed by atoms with Crippen molar-refractivity contribution in [1.29, 1.82) is 0 Å². The smallest absolute Gasteiger partial charge is 0.317 e. The maximum atomic E-state index is 10.6. The maximum absolute atomic E-state index is 10.6. The molecule has 0 fully saturated rings. The number of hydrogen-bond donors (Lipinski definition) is 1. The second-order valence-corrected chi connectivity index (χ2v) is 4.04. The van der Waals surface area contributed by atoms with Crippen LogP contribution in [-0.2, 0) is 11.3 Å². The number of aromatic nitrogens is 1. The average Bonchev–Trinajstić information content (AvgIpc) is 2.56. The van der Waals surface area contributed by atoms with Gasteiger partial charge in [0.1, 0.15) is 0 Å². The molecule has 0 atom stereocenters. The summed E-state index contributed by atoms with van der Waals surface area (Å²) in [6.45, 7) is 3.64. The molecule has 5 heteroatoms. The van der Waals surface area contributed by atoms with E-state index in [4.69, 9.17) is 5.11 Å². The van der Waals surface area contributed by atoms with Gasteiger partial charge in [-0.05, 0) is 13.0 Å². The van der Waals surface area contributed by atoms with E-state index in [1.54, 1.807) is 23.0 Å². The van der Waals surface area contributed by atoms with E-state index >= 15 is 0 Å². The minimum atomic E-state index is -0.775. The van der Waals surface area contributed by atoms with E-state index < -0.39 is 5.97 Å². The van der Waals surface area contributed by atoms with Gasteiger partial charge < -0.3 is 5.11 Å². The highest BCUT2D eigenvalue weighted by Gasteiger charge is 2.09. The molecule has 1 rings (SSSR count). The van der Waals surface area contributed by atoms with E-state index in [0.29, 0.717) is 6.54 Å². The molecule has 0 amide bonds. The van der Waals surface area contributed by atoms with Crippen LogP contribution < -0.4 is 0 Å². The van der Waals surface area contributed by atoms with Gasteiger partial charge >= 0.3 is 5.97 Å². The number of rotatable bonds is 6. The molecule has 78 valence electrons. The van der Waals surface area contributed by atoms with Crippen molar-refractivity contribution >= 4 is 17.3 Å². The zero-order chi connectivity index (χ0) is 10.4. The lowest BCUT2D eigenvalue weighted by atomic mass is 10.3. The van der Waals surface area contributed by atoms with Gasteiger partial charge in [-0.2, -0.15) is 0 Å². The van der Waals surface area contributed by atoms with E-state index in [9.17, 15) is 4.79 Å². The first-order valence-electron chi connectivity index (χ1n) is 4.54.